The molecule has 3 saturated carbocycles. The Labute approximate surface area is 153 Å². The zero-order valence-electron chi connectivity index (χ0n) is 15.1. The number of allylic oxidation sites excluding steroid dienone is 4. The summed E-state index contributed by atoms with van der Waals surface area (Å²) >= 11 is 6.16. The number of Topliss-reactive ketones (excluding diaryl/α,β-unsaturated/α-hetero) is 1. The summed E-state index contributed by atoms with van der Waals surface area (Å²) in [6.07, 6.45) is 6.58. The maximum Gasteiger partial charge on any atom is 0.196 e. The quantitative estimate of drug-likeness (QED) is 0.655. The van der Waals surface area contributed by atoms with Crippen LogP contribution in [0.4, 0.5) is 4.39 Å². The molecule has 3 fully saturated rings. The van der Waals surface area contributed by atoms with Gasteiger partial charge in [-0.1, -0.05) is 31.5 Å². The van der Waals surface area contributed by atoms with Gasteiger partial charge in [0.1, 0.15) is 12.0 Å². The Kier molecular flexibility index (Phi) is 3.85. The molecule has 0 spiro atoms. The summed E-state index contributed by atoms with van der Waals surface area (Å²) in [6, 6.07) is 0. The van der Waals surface area contributed by atoms with Gasteiger partial charge in [-0.25, -0.2) is 4.39 Å². The standard InChI is InChI=1S/C21H26ClFO2/c1-11(24)13-4-5-14-12-8-18(23)16-9-19(25)17(22)10-21(16,3)15(12)6-7-20(13,14)2/h9-10,12-15,18H,4-8H2,1-3H3/t12-,13+,14-,15-,18+,20+,21+/m0/s1. The first kappa shape index (κ1) is 17.5. The van der Waals surface area contributed by atoms with Crippen molar-refractivity contribution in [1.82, 2.24) is 0 Å². The third-order valence-corrected chi connectivity index (χ3v) is 8.38. The summed E-state index contributed by atoms with van der Waals surface area (Å²) in [7, 11) is 0. The molecule has 0 aromatic rings. The molecule has 0 bridgehead atoms. The summed E-state index contributed by atoms with van der Waals surface area (Å²) in [4.78, 5) is 24.1. The van der Waals surface area contributed by atoms with E-state index in [0.717, 1.165) is 25.7 Å². The first-order valence-electron chi connectivity index (χ1n) is 9.47. The largest absolute Gasteiger partial charge is 0.300 e. The predicted octanol–water partition coefficient (Wildman–Crippen LogP) is 5.01. The Morgan fingerprint density at radius 2 is 1.96 bits per heavy atom. The fourth-order valence-corrected chi connectivity index (χ4v) is 7.21. The zero-order chi connectivity index (χ0) is 18.1. The molecule has 25 heavy (non-hydrogen) atoms. The van der Waals surface area contributed by atoms with Crippen molar-refractivity contribution in [3.05, 3.63) is 22.8 Å². The zero-order valence-corrected chi connectivity index (χ0v) is 15.9. The predicted molar refractivity (Wildman–Crippen MR) is 95.9 cm³/mol. The van der Waals surface area contributed by atoms with Crippen LogP contribution in [0.5, 0.6) is 0 Å². The number of hydrogen-bond donors (Lipinski definition) is 0. The van der Waals surface area contributed by atoms with Gasteiger partial charge in [0.15, 0.2) is 5.78 Å². The second kappa shape index (κ2) is 5.52. The first-order valence-corrected chi connectivity index (χ1v) is 9.85. The normalized spacial score (nSPS) is 48.8. The van der Waals surface area contributed by atoms with Gasteiger partial charge >= 0.3 is 0 Å². The van der Waals surface area contributed by atoms with Crippen molar-refractivity contribution < 1.29 is 14.0 Å². The van der Waals surface area contributed by atoms with Crippen molar-refractivity contribution in [3.8, 4) is 0 Å². The van der Waals surface area contributed by atoms with E-state index in [1.165, 1.54) is 6.08 Å². The van der Waals surface area contributed by atoms with Gasteiger partial charge in [-0.3, -0.25) is 9.59 Å². The molecule has 4 aliphatic rings. The Morgan fingerprint density at radius 1 is 1.24 bits per heavy atom. The van der Waals surface area contributed by atoms with E-state index >= 15 is 4.39 Å². The van der Waals surface area contributed by atoms with Crippen LogP contribution >= 0.6 is 11.6 Å². The minimum absolute atomic E-state index is 0.00227. The molecule has 0 heterocycles. The topological polar surface area (TPSA) is 34.1 Å². The van der Waals surface area contributed by atoms with Crippen molar-refractivity contribution in [2.24, 2.45) is 34.5 Å². The lowest BCUT2D eigenvalue weighted by atomic mass is 9.47. The van der Waals surface area contributed by atoms with Crippen molar-refractivity contribution in [2.45, 2.75) is 59.0 Å². The lowest BCUT2D eigenvalue weighted by molar-refractivity contribution is -0.127. The molecular weight excluding hydrogens is 339 g/mol. The summed E-state index contributed by atoms with van der Waals surface area (Å²) in [5.74, 6) is 1.09. The van der Waals surface area contributed by atoms with Crippen LogP contribution in [-0.2, 0) is 9.59 Å². The second-order valence-electron chi connectivity index (χ2n) is 9.10. The average molecular weight is 365 g/mol. The fraction of sp³-hybridized carbons (Fsp3) is 0.714. The van der Waals surface area contributed by atoms with Crippen molar-refractivity contribution in [3.63, 3.8) is 0 Å². The van der Waals surface area contributed by atoms with Gasteiger partial charge in [-0.15, -0.1) is 0 Å². The Balaban J connectivity index is 1.74. The van der Waals surface area contributed by atoms with Crippen LogP contribution in [0.1, 0.15) is 52.9 Å². The molecule has 0 radical (unpaired) electrons. The number of halogens is 2. The summed E-state index contributed by atoms with van der Waals surface area (Å²) < 4.78 is 15.1. The number of rotatable bonds is 1. The van der Waals surface area contributed by atoms with E-state index in [1.807, 2.05) is 6.08 Å². The van der Waals surface area contributed by atoms with Crippen LogP contribution in [0.3, 0.4) is 0 Å². The van der Waals surface area contributed by atoms with Crippen LogP contribution in [0, 0.1) is 34.5 Å². The molecule has 0 aromatic carbocycles. The third kappa shape index (κ3) is 2.27. The lowest BCUT2D eigenvalue weighted by Gasteiger charge is -2.57. The molecule has 2 nitrogen and oxygen atoms in total. The Bertz CT molecular complexity index is 711. The van der Waals surface area contributed by atoms with Crippen molar-refractivity contribution >= 4 is 23.2 Å². The molecule has 0 unspecified atom stereocenters. The monoisotopic (exact) mass is 364 g/mol. The molecule has 4 rings (SSSR count). The number of fused-ring (bicyclic) bond motifs is 5. The van der Waals surface area contributed by atoms with E-state index in [4.69, 9.17) is 11.6 Å². The molecule has 0 saturated heterocycles. The van der Waals surface area contributed by atoms with Crippen LogP contribution in [-0.4, -0.2) is 17.7 Å². The number of carbonyl (C=O) groups excluding carboxylic acids is 2. The highest BCUT2D eigenvalue weighted by Gasteiger charge is 2.61. The minimum Gasteiger partial charge on any atom is -0.300 e. The van der Waals surface area contributed by atoms with Gasteiger partial charge < -0.3 is 0 Å². The highest BCUT2D eigenvalue weighted by atomic mass is 35.5. The smallest absolute Gasteiger partial charge is 0.196 e. The molecule has 0 aromatic heterocycles. The number of hydrogen-bond acceptors (Lipinski definition) is 2. The molecule has 4 heteroatoms. The third-order valence-electron chi connectivity index (χ3n) is 8.09. The van der Waals surface area contributed by atoms with Crippen LogP contribution < -0.4 is 0 Å². The summed E-state index contributed by atoms with van der Waals surface area (Å²) in [6.45, 7) is 6.01. The van der Waals surface area contributed by atoms with E-state index in [0.29, 0.717) is 23.8 Å². The summed E-state index contributed by atoms with van der Waals surface area (Å²) in [5.41, 5.74) is 0.151. The molecule has 0 aliphatic heterocycles. The van der Waals surface area contributed by atoms with Crippen LogP contribution in [0.15, 0.2) is 22.8 Å². The first-order chi connectivity index (χ1) is 11.7. The van der Waals surface area contributed by atoms with E-state index in [1.54, 1.807) is 6.92 Å². The Hall–Kier alpha value is -0.960. The van der Waals surface area contributed by atoms with E-state index in [2.05, 4.69) is 13.8 Å². The maximum absolute atomic E-state index is 15.1. The second-order valence-corrected chi connectivity index (χ2v) is 9.51. The number of carbonyl (C=O) groups is 2. The van der Waals surface area contributed by atoms with Gasteiger partial charge in [0.2, 0.25) is 0 Å². The van der Waals surface area contributed by atoms with Crippen LogP contribution in [0.25, 0.3) is 0 Å². The number of ketones is 2. The lowest BCUT2D eigenvalue weighted by Crippen LogP contribution is -2.52. The van der Waals surface area contributed by atoms with Crippen molar-refractivity contribution in [2.75, 3.05) is 0 Å². The molecule has 0 N–H and O–H groups in total. The van der Waals surface area contributed by atoms with Gasteiger partial charge in [-0.05, 0) is 73.8 Å². The molecule has 4 aliphatic carbocycles. The van der Waals surface area contributed by atoms with Crippen LogP contribution in [0.2, 0.25) is 0 Å². The summed E-state index contributed by atoms with van der Waals surface area (Å²) in [5, 5.41) is 0.223. The molecule has 7 atom stereocenters. The van der Waals surface area contributed by atoms with E-state index in [9.17, 15) is 9.59 Å². The molecular formula is C21H26ClFO2. The van der Waals surface area contributed by atoms with Gasteiger partial charge in [0.25, 0.3) is 0 Å². The van der Waals surface area contributed by atoms with Crippen molar-refractivity contribution in [1.29, 1.82) is 0 Å². The van der Waals surface area contributed by atoms with Gasteiger partial charge in [0.05, 0.1) is 5.03 Å². The van der Waals surface area contributed by atoms with E-state index < -0.39 is 11.6 Å². The minimum atomic E-state index is -1.09. The van der Waals surface area contributed by atoms with E-state index in [-0.39, 0.29) is 33.8 Å². The SMILES string of the molecule is CC(=O)[C@H]1CC[C@H]2[C@@H]3C[C@@H](F)C4=CC(=O)C(Cl)=C[C@]4(C)[C@H]3CC[C@]12C. The Morgan fingerprint density at radius 3 is 2.64 bits per heavy atom. The fourth-order valence-electron chi connectivity index (χ4n) is 6.93. The highest BCUT2D eigenvalue weighted by molar-refractivity contribution is 6.44. The van der Waals surface area contributed by atoms with Gasteiger partial charge in [-0.2, -0.15) is 0 Å². The average Bonchev–Trinajstić information content (AvgIpc) is 2.88. The number of alkyl halides is 1. The highest BCUT2D eigenvalue weighted by Crippen LogP contribution is 2.66. The van der Waals surface area contributed by atoms with Gasteiger partial charge in [0, 0.05) is 11.3 Å². The molecule has 0 amide bonds. The molecule has 136 valence electrons. The maximum atomic E-state index is 15.1.